The van der Waals surface area contributed by atoms with Crippen LogP contribution in [0.5, 0.6) is 0 Å². The lowest BCUT2D eigenvalue weighted by Crippen LogP contribution is -2.36. The average Bonchev–Trinajstić information content (AvgIpc) is 2.30. The fourth-order valence-corrected chi connectivity index (χ4v) is 2.91. The average molecular weight is 246 g/mol. The fourth-order valence-electron chi connectivity index (χ4n) is 1.56. The molecule has 0 saturated carbocycles. The number of hydrogen-bond donors (Lipinski definition) is 1. The molecule has 1 aromatic heterocycles. The molecule has 0 aromatic carbocycles. The van der Waals surface area contributed by atoms with Gasteiger partial charge >= 0.3 is 0 Å². The third-order valence-electron chi connectivity index (χ3n) is 2.33. The van der Waals surface area contributed by atoms with Gasteiger partial charge in [-0.2, -0.15) is 0 Å². The van der Waals surface area contributed by atoms with Crippen molar-refractivity contribution in [1.82, 2.24) is 15.3 Å². The quantitative estimate of drug-likeness (QED) is 0.790. The first-order valence-electron chi connectivity index (χ1n) is 4.86. The van der Waals surface area contributed by atoms with E-state index in [0.29, 0.717) is 10.2 Å². The van der Waals surface area contributed by atoms with Crippen molar-refractivity contribution in [2.45, 2.75) is 23.2 Å². The molecule has 15 heavy (non-hydrogen) atoms. The van der Waals surface area contributed by atoms with Gasteiger partial charge in [0.1, 0.15) is 0 Å². The Balaban J connectivity index is 2.09. The van der Waals surface area contributed by atoms with Crippen LogP contribution in [0.2, 0.25) is 5.02 Å². The molecule has 82 valence electrons. The Morgan fingerprint density at radius 3 is 2.80 bits per heavy atom. The molecule has 1 aliphatic rings. The normalized spacial score (nSPS) is 23.7. The Morgan fingerprint density at radius 1 is 1.47 bits per heavy atom. The monoisotopic (exact) mass is 245 g/mol. The fraction of sp³-hybridized carbons (Fsp3) is 0.556. The smallest absolute Gasteiger partial charge is 0.218 e. The maximum atomic E-state index is 12.0. The minimum absolute atomic E-state index is 0.125. The molecule has 2 atom stereocenters. The standard InChI is InChI=1S/C9H12ClN3OS/c10-7-4-12-9(13-5-7)15(14)8-2-1-3-11-6-8/h4-5,8,11H,1-3,6H2/t8-,15-/m0/s1. The highest BCUT2D eigenvalue weighted by atomic mass is 35.5. The van der Waals surface area contributed by atoms with Crippen molar-refractivity contribution in [1.29, 1.82) is 0 Å². The van der Waals surface area contributed by atoms with Gasteiger partial charge in [-0.25, -0.2) is 9.97 Å². The maximum Gasteiger partial charge on any atom is 0.218 e. The van der Waals surface area contributed by atoms with Gasteiger partial charge in [-0.3, -0.25) is 4.21 Å². The number of halogens is 1. The van der Waals surface area contributed by atoms with Gasteiger partial charge < -0.3 is 5.32 Å². The van der Waals surface area contributed by atoms with Crippen molar-refractivity contribution in [3.8, 4) is 0 Å². The van der Waals surface area contributed by atoms with Crippen LogP contribution in [0.1, 0.15) is 12.8 Å². The van der Waals surface area contributed by atoms with Gasteiger partial charge in [-0.1, -0.05) is 11.6 Å². The number of nitrogens with one attached hydrogen (secondary N) is 1. The molecule has 1 N–H and O–H groups in total. The van der Waals surface area contributed by atoms with E-state index in [2.05, 4.69) is 15.3 Å². The summed E-state index contributed by atoms with van der Waals surface area (Å²) in [5.41, 5.74) is 0. The van der Waals surface area contributed by atoms with Crippen molar-refractivity contribution in [3.63, 3.8) is 0 Å². The van der Waals surface area contributed by atoms with E-state index in [4.69, 9.17) is 11.6 Å². The maximum absolute atomic E-state index is 12.0. The molecule has 1 fully saturated rings. The van der Waals surface area contributed by atoms with E-state index in [1.165, 1.54) is 12.4 Å². The van der Waals surface area contributed by atoms with E-state index in [0.717, 1.165) is 25.9 Å². The zero-order valence-electron chi connectivity index (χ0n) is 8.15. The summed E-state index contributed by atoms with van der Waals surface area (Å²) in [6, 6.07) is 0. The van der Waals surface area contributed by atoms with Gasteiger partial charge in [0, 0.05) is 6.54 Å². The van der Waals surface area contributed by atoms with E-state index in [-0.39, 0.29) is 5.25 Å². The summed E-state index contributed by atoms with van der Waals surface area (Å²) >= 11 is 5.67. The molecule has 2 heterocycles. The molecular weight excluding hydrogens is 234 g/mol. The lowest BCUT2D eigenvalue weighted by atomic mass is 10.2. The Kier molecular flexibility index (Phi) is 3.66. The van der Waals surface area contributed by atoms with Gasteiger partial charge in [-0.15, -0.1) is 0 Å². The largest absolute Gasteiger partial charge is 0.316 e. The summed E-state index contributed by atoms with van der Waals surface area (Å²) in [7, 11) is -1.12. The molecule has 1 saturated heterocycles. The van der Waals surface area contributed by atoms with Crippen molar-refractivity contribution in [3.05, 3.63) is 17.4 Å². The van der Waals surface area contributed by atoms with Crippen molar-refractivity contribution >= 4 is 22.4 Å². The van der Waals surface area contributed by atoms with Crippen molar-refractivity contribution < 1.29 is 4.21 Å². The molecule has 1 aromatic rings. The second-order valence-electron chi connectivity index (χ2n) is 3.45. The highest BCUT2D eigenvalue weighted by Gasteiger charge is 2.22. The number of hydrogen-bond acceptors (Lipinski definition) is 4. The van der Waals surface area contributed by atoms with Gasteiger partial charge in [0.2, 0.25) is 5.16 Å². The SMILES string of the molecule is O=[S@](c1ncc(Cl)cn1)[C@H]1CCCNC1. The molecular formula is C9H12ClN3OS. The third kappa shape index (κ3) is 2.74. The first kappa shape index (κ1) is 11.0. The van der Waals surface area contributed by atoms with Crippen LogP contribution in [0.4, 0.5) is 0 Å². The first-order chi connectivity index (χ1) is 7.27. The Morgan fingerprint density at radius 2 is 2.20 bits per heavy atom. The van der Waals surface area contributed by atoms with Gasteiger partial charge in [0.15, 0.2) is 0 Å². The van der Waals surface area contributed by atoms with Crippen LogP contribution >= 0.6 is 11.6 Å². The van der Waals surface area contributed by atoms with Crippen LogP contribution in [0.25, 0.3) is 0 Å². The number of piperidine rings is 1. The highest BCUT2D eigenvalue weighted by Crippen LogP contribution is 2.14. The molecule has 6 heteroatoms. The predicted molar refractivity (Wildman–Crippen MR) is 59.3 cm³/mol. The first-order valence-corrected chi connectivity index (χ1v) is 6.45. The van der Waals surface area contributed by atoms with Crippen LogP contribution in [0.3, 0.4) is 0 Å². The highest BCUT2D eigenvalue weighted by molar-refractivity contribution is 7.85. The lowest BCUT2D eigenvalue weighted by molar-refractivity contribution is 0.518. The van der Waals surface area contributed by atoms with Crippen LogP contribution in [0.15, 0.2) is 17.6 Å². The molecule has 0 amide bonds. The lowest BCUT2D eigenvalue weighted by Gasteiger charge is -2.20. The zero-order chi connectivity index (χ0) is 10.7. The van der Waals surface area contributed by atoms with Gasteiger partial charge in [0.25, 0.3) is 0 Å². The molecule has 0 aliphatic carbocycles. The Bertz CT molecular complexity index is 351. The molecule has 0 spiro atoms. The minimum atomic E-state index is -1.12. The summed E-state index contributed by atoms with van der Waals surface area (Å²) in [6.45, 7) is 1.79. The van der Waals surface area contributed by atoms with Crippen molar-refractivity contribution in [2.75, 3.05) is 13.1 Å². The van der Waals surface area contributed by atoms with Crippen LogP contribution in [-0.4, -0.2) is 32.5 Å². The van der Waals surface area contributed by atoms with E-state index in [1.807, 2.05) is 0 Å². The molecule has 2 rings (SSSR count). The summed E-state index contributed by atoms with van der Waals surface area (Å²) in [4.78, 5) is 7.96. The molecule has 4 nitrogen and oxygen atoms in total. The third-order valence-corrected chi connectivity index (χ3v) is 4.10. The number of aromatic nitrogens is 2. The van der Waals surface area contributed by atoms with Gasteiger partial charge in [0.05, 0.1) is 33.5 Å². The summed E-state index contributed by atoms with van der Waals surface area (Å²) in [5.74, 6) is 0. The molecule has 0 radical (unpaired) electrons. The second-order valence-corrected chi connectivity index (χ2v) is 5.51. The number of nitrogens with zero attached hydrogens (tertiary/aromatic N) is 2. The Labute approximate surface area is 95.9 Å². The van der Waals surface area contributed by atoms with E-state index >= 15 is 0 Å². The molecule has 1 aliphatic heterocycles. The zero-order valence-corrected chi connectivity index (χ0v) is 9.72. The second kappa shape index (κ2) is 5.01. The molecule has 0 unspecified atom stereocenters. The summed E-state index contributed by atoms with van der Waals surface area (Å²) in [6.07, 6.45) is 4.99. The summed E-state index contributed by atoms with van der Waals surface area (Å²) in [5, 5.41) is 4.20. The Hall–Kier alpha value is -0.520. The van der Waals surface area contributed by atoms with E-state index in [1.54, 1.807) is 0 Å². The van der Waals surface area contributed by atoms with Crippen LogP contribution < -0.4 is 5.32 Å². The van der Waals surface area contributed by atoms with Crippen molar-refractivity contribution in [2.24, 2.45) is 0 Å². The molecule has 0 bridgehead atoms. The van der Waals surface area contributed by atoms with Crippen LogP contribution in [0, 0.1) is 0 Å². The van der Waals surface area contributed by atoms with Gasteiger partial charge in [-0.05, 0) is 19.4 Å². The van der Waals surface area contributed by atoms with E-state index in [9.17, 15) is 4.21 Å². The predicted octanol–water partition coefficient (Wildman–Crippen LogP) is 0.990. The summed E-state index contributed by atoms with van der Waals surface area (Å²) < 4.78 is 12.0. The topological polar surface area (TPSA) is 54.9 Å². The van der Waals surface area contributed by atoms with Crippen LogP contribution in [-0.2, 0) is 10.8 Å². The number of rotatable bonds is 2. The van der Waals surface area contributed by atoms with E-state index < -0.39 is 10.8 Å². The minimum Gasteiger partial charge on any atom is -0.316 e.